The number of allylic oxidation sites excluding steroid dienone is 1. The summed E-state index contributed by atoms with van der Waals surface area (Å²) in [4.78, 5) is 0. The summed E-state index contributed by atoms with van der Waals surface area (Å²) in [6.45, 7) is 5.21. The van der Waals surface area contributed by atoms with E-state index in [0.717, 1.165) is 18.6 Å². The molecule has 0 N–H and O–H groups in total. The third-order valence-electron chi connectivity index (χ3n) is 3.03. The molecular weight excluding hydrogens is 180 g/mol. The van der Waals surface area contributed by atoms with E-state index in [1.807, 2.05) is 0 Å². The second kappa shape index (κ2) is 4.32. The van der Waals surface area contributed by atoms with Gasteiger partial charge >= 0.3 is 0 Å². The van der Waals surface area contributed by atoms with E-state index in [4.69, 9.17) is 14.2 Å². The van der Waals surface area contributed by atoms with E-state index in [1.54, 1.807) is 7.11 Å². The molecular formula is C11H18O3. The van der Waals surface area contributed by atoms with Crippen molar-refractivity contribution in [2.24, 2.45) is 5.92 Å². The van der Waals surface area contributed by atoms with Crippen molar-refractivity contribution in [2.45, 2.75) is 31.5 Å². The Labute approximate surface area is 85.0 Å². The highest BCUT2D eigenvalue weighted by molar-refractivity contribution is 5.01. The van der Waals surface area contributed by atoms with Crippen molar-refractivity contribution in [1.82, 2.24) is 0 Å². The molecule has 3 unspecified atom stereocenters. The van der Waals surface area contributed by atoms with E-state index in [-0.39, 0.29) is 0 Å². The largest absolute Gasteiger partial charge is 0.496 e. The number of fused-ring (bicyclic) bond motifs is 1. The second-order valence-corrected chi connectivity index (χ2v) is 4.03. The average Bonchev–Trinajstić information content (AvgIpc) is 2.95. The van der Waals surface area contributed by atoms with Crippen molar-refractivity contribution in [2.75, 3.05) is 20.3 Å². The molecule has 1 aliphatic heterocycles. The summed E-state index contributed by atoms with van der Waals surface area (Å²) < 4.78 is 15.9. The lowest BCUT2D eigenvalue weighted by molar-refractivity contribution is 0.0928. The van der Waals surface area contributed by atoms with Gasteiger partial charge in [-0.25, -0.2) is 0 Å². The van der Waals surface area contributed by atoms with Crippen LogP contribution in [0.4, 0.5) is 0 Å². The number of epoxide rings is 1. The van der Waals surface area contributed by atoms with Crippen molar-refractivity contribution in [1.29, 1.82) is 0 Å². The predicted octanol–water partition coefficient (Wildman–Crippen LogP) is 1.73. The summed E-state index contributed by atoms with van der Waals surface area (Å²) in [5.41, 5.74) is 0. The molecule has 1 saturated carbocycles. The van der Waals surface area contributed by atoms with Gasteiger partial charge in [0.1, 0.15) is 6.61 Å². The first-order valence-corrected chi connectivity index (χ1v) is 5.27. The van der Waals surface area contributed by atoms with E-state index in [9.17, 15) is 0 Å². The summed E-state index contributed by atoms with van der Waals surface area (Å²) in [6, 6.07) is 0. The van der Waals surface area contributed by atoms with E-state index in [0.29, 0.717) is 31.3 Å². The van der Waals surface area contributed by atoms with Crippen LogP contribution in [-0.4, -0.2) is 32.5 Å². The molecule has 2 aliphatic rings. The fraction of sp³-hybridized carbons (Fsp3) is 0.818. The second-order valence-electron chi connectivity index (χ2n) is 4.03. The lowest BCUT2D eigenvalue weighted by atomic mass is 9.88. The molecule has 0 spiro atoms. The monoisotopic (exact) mass is 198 g/mol. The van der Waals surface area contributed by atoms with Crippen molar-refractivity contribution in [3.05, 3.63) is 12.3 Å². The molecule has 2 rings (SSSR count). The summed E-state index contributed by atoms with van der Waals surface area (Å²) in [7, 11) is 1.68. The number of methoxy groups -OCH3 is 1. The van der Waals surface area contributed by atoms with E-state index in [2.05, 4.69) is 6.58 Å². The average molecular weight is 198 g/mol. The lowest BCUT2D eigenvalue weighted by Crippen LogP contribution is -2.17. The summed E-state index contributed by atoms with van der Waals surface area (Å²) in [5, 5.41) is 0. The van der Waals surface area contributed by atoms with Gasteiger partial charge in [-0.05, 0) is 19.3 Å². The van der Waals surface area contributed by atoms with Crippen LogP contribution in [0, 0.1) is 5.92 Å². The van der Waals surface area contributed by atoms with E-state index < -0.39 is 0 Å². The Morgan fingerprint density at radius 3 is 2.93 bits per heavy atom. The Kier molecular flexibility index (Phi) is 3.08. The Morgan fingerprint density at radius 2 is 2.21 bits per heavy atom. The molecule has 2 fully saturated rings. The molecule has 80 valence electrons. The zero-order valence-electron chi connectivity index (χ0n) is 8.70. The van der Waals surface area contributed by atoms with Gasteiger partial charge in [0.15, 0.2) is 0 Å². The van der Waals surface area contributed by atoms with Gasteiger partial charge in [-0.1, -0.05) is 6.58 Å². The Morgan fingerprint density at radius 1 is 1.36 bits per heavy atom. The van der Waals surface area contributed by atoms with Gasteiger partial charge in [-0.15, -0.1) is 0 Å². The van der Waals surface area contributed by atoms with Gasteiger partial charge in [-0.3, -0.25) is 0 Å². The van der Waals surface area contributed by atoms with E-state index in [1.165, 1.54) is 6.42 Å². The number of rotatable bonds is 5. The van der Waals surface area contributed by atoms with Crippen molar-refractivity contribution in [3.63, 3.8) is 0 Å². The molecule has 0 radical (unpaired) electrons. The molecule has 1 heterocycles. The minimum Gasteiger partial charge on any atom is -0.496 e. The zero-order valence-corrected chi connectivity index (χ0v) is 8.70. The number of hydrogen-bond donors (Lipinski definition) is 0. The van der Waals surface area contributed by atoms with Crippen molar-refractivity contribution in [3.8, 4) is 0 Å². The zero-order chi connectivity index (χ0) is 9.97. The van der Waals surface area contributed by atoms with Crippen LogP contribution in [0.3, 0.4) is 0 Å². The Bertz CT molecular complexity index is 215. The van der Waals surface area contributed by atoms with Crippen LogP contribution < -0.4 is 0 Å². The summed E-state index contributed by atoms with van der Waals surface area (Å²) in [6.07, 6.45) is 4.47. The SMILES string of the molecule is C=C(OCCOC)C1CCC2OC2C1. The quantitative estimate of drug-likeness (QED) is 0.383. The Hall–Kier alpha value is -0.540. The minimum atomic E-state index is 0.496. The topological polar surface area (TPSA) is 31.0 Å². The van der Waals surface area contributed by atoms with Crippen LogP contribution >= 0.6 is 0 Å². The van der Waals surface area contributed by atoms with E-state index >= 15 is 0 Å². The minimum absolute atomic E-state index is 0.496. The standard InChI is InChI=1S/C11H18O3/c1-8(13-6-5-12-2)9-3-4-10-11(7-9)14-10/h9-11H,1,3-7H2,2H3. The van der Waals surface area contributed by atoms with Gasteiger partial charge in [0, 0.05) is 13.0 Å². The first-order chi connectivity index (χ1) is 6.81. The Balaban J connectivity index is 1.68. The summed E-state index contributed by atoms with van der Waals surface area (Å²) >= 11 is 0. The molecule has 0 aromatic heterocycles. The molecule has 0 bridgehead atoms. The molecule has 3 atom stereocenters. The van der Waals surface area contributed by atoms with Gasteiger partial charge in [0.2, 0.25) is 0 Å². The highest BCUT2D eigenvalue weighted by Gasteiger charge is 2.44. The molecule has 14 heavy (non-hydrogen) atoms. The highest BCUT2D eigenvalue weighted by Crippen LogP contribution is 2.41. The van der Waals surface area contributed by atoms with Crippen molar-refractivity contribution >= 4 is 0 Å². The summed E-state index contributed by atoms with van der Waals surface area (Å²) in [5.74, 6) is 1.41. The maximum absolute atomic E-state index is 5.51. The molecule has 0 amide bonds. The number of ether oxygens (including phenoxy) is 3. The predicted molar refractivity (Wildman–Crippen MR) is 53.0 cm³/mol. The maximum Gasteiger partial charge on any atom is 0.111 e. The van der Waals surface area contributed by atoms with Gasteiger partial charge in [-0.2, -0.15) is 0 Å². The third-order valence-corrected chi connectivity index (χ3v) is 3.03. The highest BCUT2D eigenvalue weighted by atomic mass is 16.6. The first kappa shape index (κ1) is 9.99. The first-order valence-electron chi connectivity index (χ1n) is 5.27. The van der Waals surface area contributed by atoms with Crippen LogP contribution in [0.1, 0.15) is 19.3 Å². The smallest absolute Gasteiger partial charge is 0.111 e. The van der Waals surface area contributed by atoms with Crippen LogP contribution in [0.5, 0.6) is 0 Å². The fourth-order valence-corrected chi connectivity index (χ4v) is 2.07. The number of hydrogen-bond acceptors (Lipinski definition) is 3. The normalized spacial score (nSPS) is 34.8. The molecule has 3 heteroatoms. The molecule has 1 aliphatic carbocycles. The van der Waals surface area contributed by atoms with Crippen LogP contribution in [-0.2, 0) is 14.2 Å². The van der Waals surface area contributed by atoms with Gasteiger partial charge < -0.3 is 14.2 Å². The maximum atomic E-state index is 5.51. The molecule has 0 aromatic carbocycles. The lowest BCUT2D eigenvalue weighted by Gasteiger charge is -2.21. The molecule has 1 saturated heterocycles. The van der Waals surface area contributed by atoms with Crippen LogP contribution in [0.25, 0.3) is 0 Å². The molecule has 3 nitrogen and oxygen atoms in total. The van der Waals surface area contributed by atoms with Crippen molar-refractivity contribution < 1.29 is 14.2 Å². The van der Waals surface area contributed by atoms with Gasteiger partial charge in [0.05, 0.1) is 24.6 Å². The molecule has 0 aromatic rings. The third kappa shape index (κ3) is 2.28. The fourth-order valence-electron chi connectivity index (χ4n) is 2.07. The van der Waals surface area contributed by atoms with Gasteiger partial charge in [0.25, 0.3) is 0 Å². The van der Waals surface area contributed by atoms with Crippen LogP contribution in [0.2, 0.25) is 0 Å². The van der Waals surface area contributed by atoms with Crippen LogP contribution in [0.15, 0.2) is 12.3 Å².